The lowest BCUT2D eigenvalue weighted by molar-refractivity contribution is -0.169. The number of aliphatic hydroxyl groups is 1. The number of fused-ring (bicyclic) bond motifs is 2. The minimum atomic E-state index is -1.25. The van der Waals surface area contributed by atoms with Crippen LogP contribution in [-0.2, 0) is 9.59 Å². The maximum Gasteiger partial charge on any atom is 0.235 e. The van der Waals surface area contributed by atoms with Gasteiger partial charge in [-0.3, -0.25) is 14.5 Å². The van der Waals surface area contributed by atoms with Crippen molar-refractivity contribution < 1.29 is 23.5 Å². The van der Waals surface area contributed by atoms with E-state index in [4.69, 9.17) is 0 Å². The number of halogens is 2. The summed E-state index contributed by atoms with van der Waals surface area (Å²) in [6.07, 6.45) is 0.0241. The highest BCUT2D eigenvalue weighted by molar-refractivity contribution is 6.03. The Hall–Kier alpha value is -1.82. The van der Waals surface area contributed by atoms with Gasteiger partial charge in [0.15, 0.2) is 11.6 Å². The summed E-state index contributed by atoms with van der Waals surface area (Å²) in [5.74, 6) is -2.94. The fourth-order valence-electron chi connectivity index (χ4n) is 4.07. The fraction of sp³-hybridized carbons (Fsp3) is 0.556. The lowest BCUT2D eigenvalue weighted by atomic mass is 9.62. The Labute approximate surface area is 139 Å². The molecule has 6 heteroatoms. The zero-order valence-electron chi connectivity index (χ0n) is 14.0. The molecule has 2 fully saturated rings. The summed E-state index contributed by atoms with van der Waals surface area (Å²) in [7, 11) is 0. The average Bonchev–Trinajstić information content (AvgIpc) is 2.71. The maximum absolute atomic E-state index is 13.3. The molecule has 3 rings (SSSR count). The number of amides is 2. The quantitative estimate of drug-likeness (QED) is 0.863. The zero-order valence-corrected chi connectivity index (χ0v) is 14.0. The van der Waals surface area contributed by atoms with E-state index in [0.29, 0.717) is 12.8 Å². The molecule has 1 aliphatic heterocycles. The number of hydrogen-bond acceptors (Lipinski definition) is 3. The molecule has 24 heavy (non-hydrogen) atoms. The van der Waals surface area contributed by atoms with Crippen molar-refractivity contribution in [1.82, 2.24) is 4.90 Å². The highest BCUT2D eigenvalue weighted by Gasteiger charge is 2.64. The van der Waals surface area contributed by atoms with Crippen LogP contribution in [0, 0.1) is 28.4 Å². The second-order valence-electron chi connectivity index (χ2n) is 7.59. The Morgan fingerprint density at radius 2 is 1.92 bits per heavy atom. The van der Waals surface area contributed by atoms with Gasteiger partial charge in [0.2, 0.25) is 11.8 Å². The first-order valence-electron chi connectivity index (χ1n) is 8.08. The lowest BCUT2D eigenvalue weighted by Gasteiger charge is -2.48. The van der Waals surface area contributed by atoms with Gasteiger partial charge in [-0.25, -0.2) is 8.78 Å². The second kappa shape index (κ2) is 5.34. The number of benzene rings is 1. The number of carbonyl (C=O) groups is 2. The number of β-amino-alcohol motifs (C(OH)–C–C–N with tert-alkyl or cyclic N) is 1. The van der Waals surface area contributed by atoms with Gasteiger partial charge in [-0.15, -0.1) is 0 Å². The third kappa shape index (κ3) is 2.19. The van der Waals surface area contributed by atoms with Crippen molar-refractivity contribution in [3.8, 4) is 0 Å². The first-order chi connectivity index (χ1) is 11.1. The van der Waals surface area contributed by atoms with Gasteiger partial charge < -0.3 is 5.11 Å². The number of likely N-dealkylation sites (tertiary alicyclic amines) is 1. The minimum absolute atomic E-state index is 0.136. The molecule has 0 unspecified atom stereocenters. The van der Waals surface area contributed by atoms with Crippen molar-refractivity contribution in [2.45, 2.75) is 39.7 Å². The Morgan fingerprint density at radius 1 is 1.25 bits per heavy atom. The van der Waals surface area contributed by atoms with E-state index >= 15 is 0 Å². The van der Waals surface area contributed by atoms with Gasteiger partial charge >= 0.3 is 0 Å². The van der Waals surface area contributed by atoms with Gasteiger partial charge in [0.05, 0.1) is 18.1 Å². The van der Waals surface area contributed by atoms with Crippen molar-refractivity contribution >= 4 is 11.8 Å². The van der Waals surface area contributed by atoms with Gasteiger partial charge in [0.1, 0.15) is 0 Å². The van der Waals surface area contributed by atoms with Crippen LogP contribution >= 0.6 is 0 Å². The van der Waals surface area contributed by atoms with Gasteiger partial charge in [0, 0.05) is 5.92 Å². The van der Waals surface area contributed by atoms with Crippen LogP contribution in [0.15, 0.2) is 18.2 Å². The van der Waals surface area contributed by atoms with E-state index in [-0.39, 0.29) is 29.8 Å². The Morgan fingerprint density at radius 3 is 2.54 bits per heavy atom. The largest absolute Gasteiger partial charge is 0.387 e. The van der Waals surface area contributed by atoms with Crippen LogP contribution < -0.4 is 0 Å². The molecule has 2 bridgehead atoms. The number of rotatable bonds is 3. The smallest absolute Gasteiger partial charge is 0.235 e. The summed E-state index contributed by atoms with van der Waals surface area (Å²) in [5.41, 5.74) is -0.943. The van der Waals surface area contributed by atoms with E-state index in [1.807, 2.05) is 20.8 Å². The van der Waals surface area contributed by atoms with E-state index in [0.717, 1.165) is 17.0 Å². The molecule has 3 atom stereocenters. The molecule has 1 aliphatic carbocycles. The fourth-order valence-corrected chi connectivity index (χ4v) is 4.07. The highest BCUT2D eigenvalue weighted by Crippen LogP contribution is 2.60. The molecular formula is C18H21F2NO3. The van der Waals surface area contributed by atoms with Crippen LogP contribution in [0.2, 0.25) is 0 Å². The molecule has 130 valence electrons. The highest BCUT2D eigenvalue weighted by atomic mass is 19.2. The number of imide groups is 1. The first kappa shape index (κ1) is 17.0. The topological polar surface area (TPSA) is 57.6 Å². The number of piperidine rings is 1. The monoisotopic (exact) mass is 337 g/mol. The zero-order chi connectivity index (χ0) is 17.9. The van der Waals surface area contributed by atoms with Crippen LogP contribution in [0.3, 0.4) is 0 Å². The van der Waals surface area contributed by atoms with Crippen LogP contribution in [0.5, 0.6) is 0 Å². The normalized spacial score (nSPS) is 29.9. The summed E-state index contributed by atoms with van der Waals surface area (Å²) in [5, 5.41) is 10.3. The number of aliphatic hydroxyl groups excluding tert-OH is 1. The predicted octanol–water partition coefficient (Wildman–Crippen LogP) is 2.81. The molecule has 1 heterocycles. The van der Waals surface area contributed by atoms with Crippen molar-refractivity contribution in [2.24, 2.45) is 16.7 Å². The Bertz CT molecular complexity index is 718. The SMILES string of the molecule is CC1(C)[C@H]2CC[C@]1(C)C(=O)N(C[C@@H](O)c1ccc(F)c(F)c1)C2=O. The summed E-state index contributed by atoms with van der Waals surface area (Å²) in [6.45, 7) is 5.48. The molecule has 1 saturated heterocycles. The van der Waals surface area contributed by atoms with Gasteiger partial charge in [-0.1, -0.05) is 26.8 Å². The number of hydrogen-bond donors (Lipinski definition) is 1. The van der Waals surface area contributed by atoms with Crippen LogP contribution in [0.1, 0.15) is 45.3 Å². The van der Waals surface area contributed by atoms with Crippen molar-refractivity contribution in [3.05, 3.63) is 35.4 Å². The summed E-state index contributed by atoms with van der Waals surface area (Å²) in [4.78, 5) is 26.7. The summed E-state index contributed by atoms with van der Waals surface area (Å²) in [6, 6.07) is 3.06. The van der Waals surface area contributed by atoms with Gasteiger partial charge in [-0.05, 0) is 36.0 Å². The molecule has 0 aromatic heterocycles. The molecule has 1 N–H and O–H groups in total. The third-order valence-electron chi connectivity index (χ3n) is 6.19. The molecule has 1 saturated carbocycles. The van der Waals surface area contributed by atoms with E-state index in [9.17, 15) is 23.5 Å². The Kier molecular flexibility index (Phi) is 3.79. The first-order valence-corrected chi connectivity index (χ1v) is 8.08. The molecule has 0 radical (unpaired) electrons. The second-order valence-corrected chi connectivity index (χ2v) is 7.59. The average molecular weight is 337 g/mol. The van der Waals surface area contributed by atoms with Crippen LogP contribution in [-0.4, -0.2) is 28.4 Å². The van der Waals surface area contributed by atoms with Crippen LogP contribution in [0.4, 0.5) is 8.78 Å². The van der Waals surface area contributed by atoms with E-state index < -0.39 is 28.6 Å². The molecule has 2 aliphatic rings. The number of nitrogens with zero attached hydrogens (tertiary/aromatic N) is 1. The van der Waals surface area contributed by atoms with Crippen molar-refractivity contribution in [1.29, 1.82) is 0 Å². The molecule has 1 aromatic carbocycles. The van der Waals surface area contributed by atoms with Gasteiger partial charge in [-0.2, -0.15) is 0 Å². The number of carbonyl (C=O) groups excluding carboxylic acids is 2. The minimum Gasteiger partial charge on any atom is -0.387 e. The molecule has 4 nitrogen and oxygen atoms in total. The molecular weight excluding hydrogens is 316 g/mol. The molecule has 2 amide bonds. The van der Waals surface area contributed by atoms with Crippen molar-refractivity contribution in [3.63, 3.8) is 0 Å². The molecule has 1 aromatic rings. The molecule has 0 spiro atoms. The third-order valence-corrected chi connectivity index (χ3v) is 6.19. The standard InChI is InChI=1S/C18H21F2NO3/c1-17(2)11-6-7-18(17,3)16(24)21(15(11)23)9-14(22)10-4-5-12(19)13(20)8-10/h4-5,8,11,14,22H,6-7,9H2,1-3H3/t11-,14+,18+/m0/s1. The lowest BCUT2D eigenvalue weighted by Crippen LogP contribution is -2.59. The Balaban J connectivity index is 1.86. The summed E-state index contributed by atoms with van der Waals surface area (Å²) >= 11 is 0. The summed E-state index contributed by atoms with van der Waals surface area (Å²) < 4.78 is 26.4. The predicted molar refractivity (Wildman–Crippen MR) is 82.6 cm³/mol. The van der Waals surface area contributed by atoms with Crippen molar-refractivity contribution in [2.75, 3.05) is 6.54 Å². The van der Waals surface area contributed by atoms with Gasteiger partial charge in [0.25, 0.3) is 0 Å². The maximum atomic E-state index is 13.3. The van der Waals surface area contributed by atoms with E-state index in [2.05, 4.69) is 0 Å². The van der Waals surface area contributed by atoms with Crippen LogP contribution in [0.25, 0.3) is 0 Å². The van der Waals surface area contributed by atoms with E-state index in [1.165, 1.54) is 6.07 Å². The van der Waals surface area contributed by atoms with E-state index in [1.54, 1.807) is 0 Å².